The summed E-state index contributed by atoms with van der Waals surface area (Å²) in [5.74, 6) is 1.62. The van der Waals surface area contributed by atoms with Gasteiger partial charge in [0.1, 0.15) is 6.61 Å². The molecular weight excluding hydrogens is 443 g/mol. The van der Waals surface area contributed by atoms with Gasteiger partial charge in [0.15, 0.2) is 11.5 Å². The molecule has 0 aliphatic carbocycles. The minimum absolute atomic E-state index is 0. The third kappa shape index (κ3) is 11.4. The van der Waals surface area contributed by atoms with Gasteiger partial charge in [-0.2, -0.15) is 0 Å². The molecule has 0 bridgehead atoms. The standard InChI is InChI=1S/C26H40N2O2.2ClH/c1-4-6-18-28(19-7-5-2)20-12-17-27-21-24-15-11-16-25(29-3)26(24)30-22-23-13-9-8-10-14-23;;/h8-11,13-16,27H,4-7,12,17-22H2,1-3H3;2*1H. The van der Waals surface area contributed by atoms with Crippen molar-refractivity contribution in [1.29, 1.82) is 0 Å². The Kier molecular flexibility index (Phi) is 18.2. The lowest BCUT2D eigenvalue weighted by molar-refractivity contribution is 0.260. The number of para-hydroxylation sites is 1. The zero-order valence-electron chi connectivity index (χ0n) is 20.0. The van der Waals surface area contributed by atoms with Crippen LogP contribution in [-0.2, 0) is 13.2 Å². The van der Waals surface area contributed by atoms with E-state index in [1.165, 1.54) is 45.3 Å². The predicted molar refractivity (Wildman–Crippen MR) is 141 cm³/mol. The van der Waals surface area contributed by atoms with Crippen molar-refractivity contribution < 1.29 is 9.47 Å². The molecule has 4 nitrogen and oxygen atoms in total. The van der Waals surface area contributed by atoms with Gasteiger partial charge in [-0.3, -0.25) is 0 Å². The second-order valence-electron chi connectivity index (χ2n) is 7.80. The molecule has 2 aromatic carbocycles. The van der Waals surface area contributed by atoms with Gasteiger partial charge in [-0.25, -0.2) is 0 Å². The van der Waals surface area contributed by atoms with E-state index < -0.39 is 0 Å². The second kappa shape index (κ2) is 19.0. The van der Waals surface area contributed by atoms with E-state index in [0.717, 1.165) is 42.1 Å². The Labute approximate surface area is 207 Å². The van der Waals surface area contributed by atoms with E-state index in [0.29, 0.717) is 6.61 Å². The van der Waals surface area contributed by atoms with Crippen LogP contribution in [0.3, 0.4) is 0 Å². The zero-order chi connectivity index (χ0) is 21.4. The Morgan fingerprint density at radius 1 is 0.812 bits per heavy atom. The van der Waals surface area contributed by atoms with Gasteiger partial charge < -0.3 is 19.7 Å². The Morgan fingerprint density at radius 3 is 2.09 bits per heavy atom. The molecule has 0 saturated carbocycles. The van der Waals surface area contributed by atoms with Gasteiger partial charge in [0.2, 0.25) is 0 Å². The molecule has 0 atom stereocenters. The summed E-state index contributed by atoms with van der Waals surface area (Å²) in [4.78, 5) is 2.62. The van der Waals surface area contributed by atoms with Crippen LogP contribution >= 0.6 is 24.8 Å². The summed E-state index contributed by atoms with van der Waals surface area (Å²) in [6, 6.07) is 16.4. The van der Waals surface area contributed by atoms with E-state index in [-0.39, 0.29) is 24.8 Å². The first-order valence-electron chi connectivity index (χ1n) is 11.5. The van der Waals surface area contributed by atoms with Crippen LogP contribution in [0, 0.1) is 0 Å². The van der Waals surface area contributed by atoms with E-state index >= 15 is 0 Å². The van der Waals surface area contributed by atoms with E-state index in [1.54, 1.807) is 7.11 Å². The molecule has 32 heavy (non-hydrogen) atoms. The van der Waals surface area contributed by atoms with Crippen molar-refractivity contribution in [3.05, 3.63) is 59.7 Å². The third-order valence-electron chi connectivity index (χ3n) is 5.31. The number of nitrogens with one attached hydrogen (secondary N) is 1. The summed E-state index contributed by atoms with van der Waals surface area (Å²) in [5.41, 5.74) is 2.29. The van der Waals surface area contributed by atoms with Crippen LogP contribution in [0.15, 0.2) is 48.5 Å². The molecule has 0 aliphatic heterocycles. The molecular formula is C26H42Cl2N2O2. The summed E-state index contributed by atoms with van der Waals surface area (Å²) in [7, 11) is 1.70. The third-order valence-corrected chi connectivity index (χ3v) is 5.31. The fourth-order valence-electron chi connectivity index (χ4n) is 3.50. The second-order valence-corrected chi connectivity index (χ2v) is 7.80. The number of nitrogens with zero attached hydrogens (tertiary/aromatic N) is 1. The highest BCUT2D eigenvalue weighted by Gasteiger charge is 2.11. The SMILES string of the molecule is CCCCN(CCCC)CCCNCc1cccc(OC)c1OCc1ccccc1.Cl.Cl. The zero-order valence-corrected chi connectivity index (χ0v) is 21.6. The Balaban J connectivity index is 0.00000480. The Bertz CT molecular complexity index is 693. The van der Waals surface area contributed by atoms with Crippen molar-refractivity contribution in [2.45, 2.75) is 59.1 Å². The van der Waals surface area contributed by atoms with Crippen LogP contribution in [0.25, 0.3) is 0 Å². The Morgan fingerprint density at radius 2 is 1.47 bits per heavy atom. The number of unbranched alkanes of at least 4 members (excludes halogenated alkanes) is 2. The number of methoxy groups -OCH3 is 1. The molecule has 6 heteroatoms. The summed E-state index contributed by atoms with van der Waals surface area (Å²) in [5, 5.41) is 3.60. The average molecular weight is 486 g/mol. The summed E-state index contributed by atoms with van der Waals surface area (Å²) in [6.07, 6.45) is 6.29. The van der Waals surface area contributed by atoms with Crippen molar-refractivity contribution in [3.8, 4) is 11.5 Å². The first kappa shape index (κ1) is 30.5. The molecule has 0 aromatic heterocycles. The molecule has 0 spiro atoms. The molecule has 0 amide bonds. The van der Waals surface area contributed by atoms with Crippen LogP contribution in [-0.4, -0.2) is 38.2 Å². The van der Waals surface area contributed by atoms with Gasteiger partial charge in [-0.15, -0.1) is 24.8 Å². The van der Waals surface area contributed by atoms with Crippen LogP contribution in [0.1, 0.15) is 57.1 Å². The van der Waals surface area contributed by atoms with E-state index in [2.05, 4.69) is 42.3 Å². The lowest BCUT2D eigenvalue weighted by atomic mass is 10.1. The maximum absolute atomic E-state index is 6.16. The molecule has 2 rings (SSSR count). The maximum atomic E-state index is 6.16. The lowest BCUT2D eigenvalue weighted by Gasteiger charge is -2.22. The number of ether oxygens (including phenoxy) is 2. The van der Waals surface area contributed by atoms with Crippen molar-refractivity contribution in [1.82, 2.24) is 10.2 Å². The van der Waals surface area contributed by atoms with Crippen LogP contribution < -0.4 is 14.8 Å². The molecule has 0 aliphatic rings. The van der Waals surface area contributed by atoms with Crippen LogP contribution in [0.4, 0.5) is 0 Å². The number of rotatable bonds is 16. The number of benzene rings is 2. The molecule has 1 N–H and O–H groups in total. The average Bonchev–Trinajstić information content (AvgIpc) is 2.79. The van der Waals surface area contributed by atoms with Crippen LogP contribution in [0.2, 0.25) is 0 Å². The van der Waals surface area contributed by atoms with Gasteiger partial charge in [-0.05, 0) is 57.1 Å². The predicted octanol–water partition coefficient (Wildman–Crippen LogP) is 6.50. The largest absolute Gasteiger partial charge is 0.493 e. The van der Waals surface area contributed by atoms with Gasteiger partial charge in [-0.1, -0.05) is 69.2 Å². The van der Waals surface area contributed by atoms with E-state index in [4.69, 9.17) is 9.47 Å². The molecule has 2 aromatic rings. The monoisotopic (exact) mass is 484 g/mol. The molecule has 182 valence electrons. The fraction of sp³-hybridized carbons (Fsp3) is 0.538. The summed E-state index contributed by atoms with van der Waals surface area (Å²) >= 11 is 0. The van der Waals surface area contributed by atoms with Crippen molar-refractivity contribution in [2.75, 3.05) is 33.3 Å². The first-order valence-corrected chi connectivity index (χ1v) is 11.5. The van der Waals surface area contributed by atoms with E-state index in [1.807, 2.05) is 30.3 Å². The summed E-state index contributed by atoms with van der Waals surface area (Å²) < 4.78 is 11.7. The highest BCUT2D eigenvalue weighted by atomic mass is 35.5. The van der Waals surface area contributed by atoms with Crippen molar-refractivity contribution >= 4 is 24.8 Å². The molecule has 0 radical (unpaired) electrons. The summed E-state index contributed by atoms with van der Waals surface area (Å²) in [6.45, 7) is 10.5. The minimum atomic E-state index is 0. The Hall–Kier alpha value is -1.46. The first-order chi connectivity index (χ1) is 14.8. The molecule has 0 heterocycles. The minimum Gasteiger partial charge on any atom is -0.493 e. The number of halogens is 2. The number of hydrogen-bond acceptors (Lipinski definition) is 4. The normalized spacial score (nSPS) is 10.4. The van der Waals surface area contributed by atoms with Gasteiger partial charge in [0.05, 0.1) is 7.11 Å². The maximum Gasteiger partial charge on any atom is 0.166 e. The molecule has 0 saturated heterocycles. The molecule has 0 unspecified atom stereocenters. The van der Waals surface area contributed by atoms with Gasteiger partial charge in [0, 0.05) is 12.1 Å². The topological polar surface area (TPSA) is 33.7 Å². The fourth-order valence-corrected chi connectivity index (χ4v) is 3.50. The van der Waals surface area contributed by atoms with Crippen molar-refractivity contribution in [2.24, 2.45) is 0 Å². The quantitative estimate of drug-likeness (QED) is 0.275. The van der Waals surface area contributed by atoms with Crippen LogP contribution in [0.5, 0.6) is 11.5 Å². The highest BCUT2D eigenvalue weighted by molar-refractivity contribution is 5.85. The van der Waals surface area contributed by atoms with E-state index in [9.17, 15) is 0 Å². The number of hydrogen-bond donors (Lipinski definition) is 1. The highest BCUT2D eigenvalue weighted by Crippen LogP contribution is 2.31. The van der Waals surface area contributed by atoms with Gasteiger partial charge in [0.25, 0.3) is 0 Å². The van der Waals surface area contributed by atoms with Gasteiger partial charge >= 0.3 is 0 Å². The molecule has 0 fully saturated rings. The lowest BCUT2D eigenvalue weighted by Crippen LogP contribution is -2.29. The van der Waals surface area contributed by atoms with Crippen molar-refractivity contribution in [3.63, 3.8) is 0 Å². The smallest absolute Gasteiger partial charge is 0.166 e.